The molecule has 0 spiro atoms. The number of rotatable bonds is 73. The van der Waals surface area contributed by atoms with Crippen LogP contribution in [0.2, 0.25) is 0 Å². The van der Waals surface area contributed by atoms with Crippen molar-refractivity contribution >= 4 is 39.5 Å². The lowest BCUT2D eigenvalue weighted by atomic mass is 10.00. The van der Waals surface area contributed by atoms with Crippen LogP contribution < -0.4 is 0 Å². The maximum atomic E-state index is 13.1. The van der Waals surface area contributed by atoms with Crippen molar-refractivity contribution in [2.24, 2.45) is 11.8 Å². The molecule has 6 atom stereocenters. The fraction of sp³-hybridized carbons (Fsp3) is 0.946. The van der Waals surface area contributed by atoms with E-state index in [1.165, 1.54) is 193 Å². The van der Waals surface area contributed by atoms with Crippen LogP contribution >= 0.6 is 15.6 Å². The summed E-state index contributed by atoms with van der Waals surface area (Å²) in [5.41, 5.74) is 0. The molecule has 0 aliphatic heterocycles. The lowest BCUT2D eigenvalue weighted by Crippen LogP contribution is -2.30. The third-order valence-corrected chi connectivity index (χ3v) is 19.5. The van der Waals surface area contributed by atoms with Crippen LogP contribution in [0.1, 0.15) is 382 Å². The molecule has 552 valence electrons. The van der Waals surface area contributed by atoms with Crippen LogP contribution in [0.3, 0.4) is 0 Å². The van der Waals surface area contributed by atoms with Gasteiger partial charge in [-0.25, -0.2) is 9.13 Å². The number of esters is 4. The van der Waals surface area contributed by atoms with Crippen molar-refractivity contribution in [1.82, 2.24) is 0 Å². The molecule has 3 N–H and O–H groups in total. The van der Waals surface area contributed by atoms with Crippen molar-refractivity contribution in [2.45, 2.75) is 400 Å². The molecule has 0 aromatic heterocycles. The van der Waals surface area contributed by atoms with Gasteiger partial charge in [-0.05, 0) is 37.5 Å². The van der Waals surface area contributed by atoms with E-state index >= 15 is 0 Å². The second kappa shape index (κ2) is 66.0. The Morgan fingerprint density at radius 2 is 0.548 bits per heavy atom. The zero-order chi connectivity index (χ0) is 68.6. The maximum Gasteiger partial charge on any atom is 0.472 e. The molecule has 17 nitrogen and oxygen atoms in total. The standard InChI is InChI=1S/C74H144O17P2/c1-7-10-12-14-16-18-20-22-26-30-33-37-44-50-56-71(76)84-62-69(90-74(79)59-53-47-39-35-31-27-24-23-25-28-32-36-42-48-54-66(4)5)64-88-92(80,81)86-60-68(75)61-87-93(82,83)89-65-70(63-85-72(77)57-51-45-41-40-43-49-55-67(6)9-3)91-73(78)58-52-46-38-34-29-21-19-17-15-13-11-8-2/h66-70,75H,7-65H2,1-6H3,(H,80,81)(H,82,83)/t67?,68-,69-,70-/m1/s1. The highest BCUT2D eigenvalue weighted by Crippen LogP contribution is 2.45. The highest BCUT2D eigenvalue weighted by molar-refractivity contribution is 7.47. The quantitative estimate of drug-likeness (QED) is 0.0222. The molecular weight excluding hydrogens is 1220 g/mol. The van der Waals surface area contributed by atoms with Gasteiger partial charge in [0.25, 0.3) is 0 Å². The number of ether oxygens (including phenoxy) is 4. The molecule has 3 unspecified atom stereocenters. The lowest BCUT2D eigenvalue weighted by molar-refractivity contribution is -0.161. The Kier molecular flexibility index (Phi) is 64.6. The highest BCUT2D eigenvalue weighted by Gasteiger charge is 2.30. The van der Waals surface area contributed by atoms with Gasteiger partial charge in [0.05, 0.1) is 26.4 Å². The zero-order valence-corrected chi connectivity index (χ0v) is 62.3. The zero-order valence-electron chi connectivity index (χ0n) is 60.6. The third kappa shape index (κ3) is 67.0. The Hall–Kier alpha value is -1.94. The van der Waals surface area contributed by atoms with Crippen LogP contribution in [0.15, 0.2) is 0 Å². The predicted octanol–water partition coefficient (Wildman–Crippen LogP) is 21.6. The average molecular weight is 1370 g/mol. The van der Waals surface area contributed by atoms with Gasteiger partial charge < -0.3 is 33.8 Å². The first kappa shape index (κ1) is 91.1. The van der Waals surface area contributed by atoms with Crippen molar-refractivity contribution < 1.29 is 80.2 Å². The first-order chi connectivity index (χ1) is 44.9. The molecule has 0 bridgehead atoms. The molecule has 0 saturated heterocycles. The summed E-state index contributed by atoms with van der Waals surface area (Å²) in [5.74, 6) is -0.591. The van der Waals surface area contributed by atoms with E-state index in [1.807, 2.05) is 0 Å². The number of carbonyl (C=O) groups excluding carboxylic acids is 4. The number of phosphoric ester groups is 2. The van der Waals surface area contributed by atoms with Gasteiger partial charge in [0.15, 0.2) is 12.2 Å². The van der Waals surface area contributed by atoms with Crippen molar-refractivity contribution in [2.75, 3.05) is 39.6 Å². The maximum absolute atomic E-state index is 13.1. The van der Waals surface area contributed by atoms with E-state index in [2.05, 4.69) is 41.5 Å². The monoisotopic (exact) mass is 1370 g/mol. The number of aliphatic hydroxyl groups is 1. The number of hydrogen-bond donors (Lipinski definition) is 3. The molecule has 0 aliphatic rings. The van der Waals surface area contributed by atoms with Crippen LogP contribution in [0, 0.1) is 11.8 Å². The molecular formula is C74H144O17P2. The molecule has 0 radical (unpaired) electrons. The number of aliphatic hydroxyl groups excluding tert-OH is 1. The summed E-state index contributed by atoms with van der Waals surface area (Å²) in [6.45, 7) is 9.57. The largest absolute Gasteiger partial charge is 0.472 e. The Bertz CT molecular complexity index is 1810. The predicted molar refractivity (Wildman–Crippen MR) is 377 cm³/mol. The molecule has 0 amide bonds. The molecule has 93 heavy (non-hydrogen) atoms. The van der Waals surface area contributed by atoms with Gasteiger partial charge >= 0.3 is 39.5 Å². The minimum atomic E-state index is -4.96. The summed E-state index contributed by atoms with van der Waals surface area (Å²) in [6, 6.07) is 0. The normalized spacial score (nSPS) is 14.3. The van der Waals surface area contributed by atoms with Gasteiger partial charge in [0, 0.05) is 25.7 Å². The van der Waals surface area contributed by atoms with Crippen LogP contribution in [0.4, 0.5) is 0 Å². The lowest BCUT2D eigenvalue weighted by Gasteiger charge is -2.21. The van der Waals surface area contributed by atoms with Gasteiger partial charge in [-0.3, -0.25) is 37.3 Å². The Balaban J connectivity index is 5.25. The summed E-state index contributed by atoms with van der Waals surface area (Å²) in [6.07, 6.45) is 52.6. The smallest absolute Gasteiger partial charge is 0.462 e. The van der Waals surface area contributed by atoms with Gasteiger partial charge in [-0.1, -0.05) is 330 Å². The summed E-state index contributed by atoms with van der Waals surface area (Å²) in [5, 5.41) is 10.6. The fourth-order valence-corrected chi connectivity index (χ4v) is 12.8. The second-order valence-corrected chi connectivity index (χ2v) is 30.3. The summed E-state index contributed by atoms with van der Waals surface area (Å²) in [4.78, 5) is 72.7. The van der Waals surface area contributed by atoms with E-state index in [9.17, 15) is 43.2 Å². The minimum absolute atomic E-state index is 0.106. The second-order valence-electron chi connectivity index (χ2n) is 27.4. The topological polar surface area (TPSA) is 237 Å². The molecule has 0 saturated carbocycles. The average Bonchev–Trinajstić information content (AvgIpc) is 2.18. The van der Waals surface area contributed by atoms with Gasteiger partial charge in [0.1, 0.15) is 19.3 Å². The number of unbranched alkanes of at least 4 members (excludes halogenated alkanes) is 42. The highest BCUT2D eigenvalue weighted by atomic mass is 31.2. The van der Waals surface area contributed by atoms with Gasteiger partial charge in [-0.15, -0.1) is 0 Å². The molecule has 0 fully saturated rings. The van der Waals surface area contributed by atoms with E-state index in [0.717, 1.165) is 108 Å². The molecule has 0 rings (SSSR count). The number of carbonyl (C=O) groups is 4. The van der Waals surface area contributed by atoms with Gasteiger partial charge in [0.2, 0.25) is 0 Å². The van der Waals surface area contributed by atoms with E-state index in [-0.39, 0.29) is 25.7 Å². The van der Waals surface area contributed by atoms with Gasteiger partial charge in [-0.2, -0.15) is 0 Å². The SMILES string of the molecule is CCCCCCCCCCCCCCCCC(=O)OC[C@H](COP(=O)(O)OC[C@@H](O)COP(=O)(O)OC[C@@H](COC(=O)CCCCCCCCC(C)CC)OC(=O)CCCCCCCCCCCCCC)OC(=O)CCCCCCCCCCCCCCCCC(C)C. The Morgan fingerprint density at radius 1 is 0.312 bits per heavy atom. The van der Waals surface area contributed by atoms with E-state index in [4.69, 9.17) is 37.0 Å². The Morgan fingerprint density at radius 3 is 0.817 bits per heavy atom. The first-order valence-electron chi connectivity index (χ1n) is 38.5. The van der Waals surface area contributed by atoms with E-state index < -0.39 is 97.5 Å². The summed E-state index contributed by atoms with van der Waals surface area (Å²) >= 11 is 0. The fourth-order valence-electron chi connectivity index (χ4n) is 11.3. The van der Waals surface area contributed by atoms with E-state index in [1.54, 1.807) is 0 Å². The number of hydrogen-bond acceptors (Lipinski definition) is 15. The first-order valence-corrected chi connectivity index (χ1v) is 41.5. The summed E-state index contributed by atoms with van der Waals surface area (Å²) in [7, 11) is -9.91. The minimum Gasteiger partial charge on any atom is -0.462 e. The third-order valence-electron chi connectivity index (χ3n) is 17.6. The van der Waals surface area contributed by atoms with E-state index in [0.29, 0.717) is 25.7 Å². The van der Waals surface area contributed by atoms with Crippen LogP contribution in [0.25, 0.3) is 0 Å². The Labute approximate surface area is 568 Å². The number of phosphoric acid groups is 2. The van der Waals surface area contributed by atoms with Crippen LogP contribution in [0.5, 0.6) is 0 Å². The van der Waals surface area contributed by atoms with Crippen molar-refractivity contribution in [1.29, 1.82) is 0 Å². The molecule has 0 aromatic carbocycles. The summed E-state index contributed by atoms with van der Waals surface area (Å²) < 4.78 is 68.4. The molecule has 0 aromatic rings. The van der Waals surface area contributed by atoms with Crippen molar-refractivity contribution in [3.05, 3.63) is 0 Å². The van der Waals surface area contributed by atoms with Crippen LogP contribution in [-0.2, 0) is 65.4 Å². The van der Waals surface area contributed by atoms with Crippen molar-refractivity contribution in [3.63, 3.8) is 0 Å². The molecule has 0 aliphatic carbocycles. The van der Waals surface area contributed by atoms with Crippen LogP contribution in [-0.4, -0.2) is 96.7 Å². The molecule has 19 heteroatoms. The molecule has 0 heterocycles. The van der Waals surface area contributed by atoms with Crippen molar-refractivity contribution in [3.8, 4) is 0 Å².